The van der Waals surface area contributed by atoms with Crippen LogP contribution in [-0.4, -0.2) is 37.2 Å². The van der Waals surface area contributed by atoms with Gasteiger partial charge in [-0.25, -0.2) is 0 Å². The van der Waals surface area contributed by atoms with Crippen molar-refractivity contribution in [1.82, 2.24) is 4.90 Å². The first-order valence-electron chi connectivity index (χ1n) is 3.52. The number of hydrogen-bond donors (Lipinski definition) is 0. The van der Waals surface area contributed by atoms with Crippen molar-refractivity contribution in [3.63, 3.8) is 0 Å². The van der Waals surface area contributed by atoms with E-state index in [1.54, 1.807) is 0 Å². The highest BCUT2D eigenvalue weighted by atomic mass is 16.5. The van der Waals surface area contributed by atoms with Gasteiger partial charge in [0.1, 0.15) is 0 Å². The van der Waals surface area contributed by atoms with Crippen LogP contribution in [0.5, 0.6) is 0 Å². The maximum Gasteiger partial charge on any atom is 0.0678 e. The van der Waals surface area contributed by atoms with Gasteiger partial charge >= 0.3 is 0 Å². The first-order chi connectivity index (χ1) is 4.18. The maximum absolute atomic E-state index is 5.51. The molecule has 2 atom stereocenters. The SMILES string of the molecule is C[C@H]1CN(C)C[C@H](C)O1. The van der Waals surface area contributed by atoms with Gasteiger partial charge < -0.3 is 9.64 Å². The molecule has 0 aromatic carbocycles. The molecule has 0 unspecified atom stereocenters. The molecule has 1 saturated heterocycles. The number of ether oxygens (including phenoxy) is 1. The van der Waals surface area contributed by atoms with E-state index in [2.05, 4.69) is 25.8 Å². The summed E-state index contributed by atoms with van der Waals surface area (Å²) < 4.78 is 5.51. The summed E-state index contributed by atoms with van der Waals surface area (Å²) in [6.07, 6.45) is 0.831. The van der Waals surface area contributed by atoms with Gasteiger partial charge in [0, 0.05) is 13.1 Å². The fourth-order valence-electron chi connectivity index (χ4n) is 1.44. The lowest BCUT2D eigenvalue weighted by atomic mass is 10.2. The van der Waals surface area contributed by atoms with Crippen molar-refractivity contribution in [3.8, 4) is 0 Å². The van der Waals surface area contributed by atoms with Gasteiger partial charge in [-0.15, -0.1) is 0 Å². The second-order valence-corrected chi connectivity index (χ2v) is 2.98. The van der Waals surface area contributed by atoms with Gasteiger partial charge in [-0.05, 0) is 20.9 Å². The molecule has 2 nitrogen and oxygen atoms in total. The Bertz CT molecular complexity index is 69.9. The molecule has 2 heteroatoms. The average molecular weight is 129 g/mol. The Labute approximate surface area is 56.8 Å². The Morgan fingerprint density at radius 3 is 2.00 bits per heavy atom. The van der Waals surface area contributed by atoms with Crippen LogP contribution in [0.2, 0.25) is 0 Å². The van der Waals surface area contributed by atoms with Crippen molar-refractivity contribution in [2.24, 2.45) is 0 Å². The topological polar surface area (TPSA) is 12.5 Å². The van der Waals surface area contributed by atoms with E-state index in [0.29, 0.717) is 12.2 Å². The fraction of sp³-hybridized carbons (Fsp3) is 1.00. The Morgan fingerprint density at radius 1 is 1.22 bits per heavy atom. The van der Waals surface area contributed by atoms with Crippen LogP contribution < -0.4 is 0 Å². The normalized spacial score (nSPS) is 39.0. The van der Waals surface area contributed by atoms with Crippen LogP contribution in [0.25, 0.3) is 0 Å². The van der Waals surface area contributed by atoms with Gasteiger partial charge in [0.25, 0.3) is 0 Å². The zero-order valence-electron chi connectivity index (χ0n) is 6.42. The molecule has 1 fully saturated rings. The molecule has 1 aliphatic rings. The minimum atomic E-state index is 0.416. The number of hydrogen-bond acceptors (Lipinski definition) is 2. The molecule has 0 aromatic heterocycles. The summed E-state index contributed by atoms with van der Waals surface area (Å²) in [5.41, 5.74) is 0. The van der Waals surface area contributed by atoms with Crippen LogP contribution in [0.1, 0.15) is 13.8 Å². The van der Waals surface area contributed by atoms with E-state index in [-0.39, 0.29) is 0 Å². The molecule has 0 aliphatic carbocycles. The number of nitrogens with zero attached hydrogens (tertiary/aromatic N) is 1. The second-order valence-electron chi connectivity index (χ2n) is 2.98. The Kier molecular flexibility index (Phi) is 2.09. The molecule has 0 bridgehead atoms. The minimum absolute atomic E-state index is 0.416. The maximum atomic E-state index is 5.51. The summed E-state index contributed by atoms with van der Waals surface area (Å²) in [7, 11) is 2.13. The molecule has 0 radical (unpaired) electrons. The molecular formula is C7H15NO. The van der Waals surface area contributed by atoms with Gasteiger partial charge in [-0.3, -0.25) is 0 Å². The first-order valence-corrected chi connectivity index (χ1v) is 3.52. The van der Waals surface area contributed by atoms with E-state index in [1.807, 2.05) is 0 Å². The Morgan fingerprint density at radius 2 is 1.67 bits per heavy atom. The molecule has 0 spiro atoms. The van der Waals surface area contributed by atoms with Crippen LogP contribution >= 0.6 is 0 Å². The molecule has 1 rings (SSSR count). The monoisotopic (exact) mass is 129 g/mol. The molecule has 0 saturated carbocycles. The highest BCUT2D eigenvalue weighted by Crippen LogP contribution is 2.07. The van der Waals surface area contributed by atoms with Crippen LogP contribution in [-0.2, 0) is 4.74 Å². The summed E-state index contributed by atoms with van der Waals surface area (Å²) in [6.45, 7) is 6.38. The summed E-state index contributed by atoms with van der Waals surface area (Å²) in [4.78, 5) is 2.30. The molecule has 0 N–H and O–H groups in total. The first kappa shape index (κ1) is 7.03. The number of likely N-dealkylation sites (N-methyl/N-ethyl adjacent to an activating group) is 1. The summed E-state index contributed by atoms with van der Waals surface area (Å²) in [5, 5.41) is 0. The van der Waals surface area contributed by atoms with Crippen molar-refractivity contribution in [2.45, 2.75) is 26.1 Å². The lowest BCUT2D eigenvalue weighted by molar-refractivity contribution is -0.0602. The predicted octanol–water partition coefficient (Wildman–Crippen LogP) is 0.725. The summed E-state index contributed by atoms with van der Waals surface area (Å²) in [5.74, 6) is 0. The zero-order valence-corrected chi connectivity index (χ0v) is 6.42. The third-order valence-electron chi connectivity index (χ3n) is 1.60. The van der Waals surface area contributed by atoms with Crippen LogP contribution in [0.15, 0.2) is 0 Å². The van der Waals surface area contributed by atoms with E-state index in [9.17, 15) is 0 Å². The minimum Gasteiger partial charge on any atom is -0.373 e. The summed E-state index contributed by atoms with van der Waals surface area (Å²) in [6, 6.07) is 0. The van der Waals surface area contributed by atoms with Crippen molar-refractivity contribution >= 4 is 0 Å². The quantitative estimate of drug-likeness (QED) is 0.478. The van der Waals surface area contributed by atoms with Crippen molar-refractivity contribution in [3.05, 3.63) is 0 Å². The molecule has 0 aromatic rings. The third kappa shape index (κ3) is 1.95. The van der Waals surface area contributed by atoms with E-state index in [4.69, 9.17) is 4.74 Å². The summed E-state index contributed by atoms with van der Waals surface area (Å²) >= 11 is 0. The van der Waals surface area contributed by atoms with E-state index in [1.165, 1.54) is 0 Å². The van der Waals surface area contributed by atoms with Crippen molar-refractivity contribution < 1.29 is 4.74 Å². The average Bonchev–Trinajstić information content (AvgIpc) is 1.59. The zero-order chi connectivity index (χ0) is 6.85. The van der Waals surface area contributed by atoms with Gasteiger partial charge in [-0.2, -0.15) is 0 Å². The Hall–Kier alpha value is -0.0800. The molecule has 9 heavy (non-hydrogen) atoms. The standard InChI is InChI=1S/C7H15NO/c1-6-4-8(3)5-7(2)9-6/h6-7H,4-5H2,1-3H3/t6-,7-/m0/s1. The van der Waals surface area contributed by atoms with Crippen molar-refractivity contribution in [1.29, 1.82) is 0 Å². The number of morpholine rings is 1. The highest BCUT2D eigenvalue weighted by molar-refractivity contribution is 4.69. The lowest BCUT2D eigenvalue weighted by Crippen LogP contribution is -2.42. The molecular weight excluding hydrogens is 114 g/mol. The molecule has 1 aliphatic heterocycles. The predicted molar refractivity (Wildman–Crippen MR) is 37.5 cm³/mol. The van der Waals surface area contributed by atoms with E-state index < -0.39 is 0 Å². The second kappa shape index (κ2) is 2.67. The van der Waals surface area contributed by atoms with Crippen LogP contribution in [0.4, 0.5) is 0 Å². The highest BCUT2D eigenvalue weighted by Gasteiger charge is 2.18. The molecule has 0 amide bonds. The van der Waals surface area contributed by atoms with Gasteiger partial charge in [-0.1, -0.05) is 0 Å². The lowest BCUT2D eigenvalue weighted by Gasteiger charge is -2.32. The van der Waals surface area contributed by atoms with Crippen molar-refractivity contribution in [2.75, 3.05) is 20.1 Å². The van der Waals surface area contributed by atoms with Gasteiger partial charge in [0.05, 0.1) is 12.2 Å². The van der Waals surface area contributed by atoms with E-state index >= 15 is 0 Å². The molecule has 1 heterocycles. The largest absolute Gasteiger partial charge is 0.373 e. The van der Waals surface area contributed by atoms with Crippen LogP contribution in [0, 0.1) is 0 Å². The fourth-order valence-corrected chi connectivity index (χ4v) is 1.44. The van der Waals surface area contributed by atoms with Gasteiger partial charge in [0.2, 0.25) is 0 Å². The van der Waals surface area contributed by atoms with Crippen LogP contribution in [0.3, 0.4) is 0 Å². The Balaban J connectivity index is 2.34. The van der Waals surface area contributed by atoms with Gasteiger partial charge in [0.15, 0.2) is 0 Å². The molecule has 54 valence electrons. The third-order valence-corrected chi connectivity index (χ3v) is 1.60. The van der Waals surface area contributed by atoms with E-state index in [0.717, 1.165) is 13.1 Å². The number of rotatable bonds is 0. The smallest absolute Gasteiger partial charge is 0.0678 e.